The van der Waals surface area contributed by atoms with E-state index < -0.39 is 0 Å². The Morgan fingerprint density at radius 3 is 3.00 bits per heavy atom. The molecule has 4 atom stereocenters. The van der Waals surface area contributed by atoms with Crippen molar-refractivity contribution in [2.45, 2.75) is 37.3 Å². The molecule has 1 saturated heterocycles. The Morgan fingerprint density at radius 1 is 1.29 bits per heavy atom. The van der Waals surface area contributed by atoms with Crippen molar-refractivity contribution in [3.05, 3.63) is 29.5 Å². The van der Waals surface area contributed by atoms with Crippen LogP contribution in [0.1, 0.15) is 30.1 Å². The first-order chi connectivity index (χ1) is 10.2. The van der Waals surface area contributed by atoms with Crippen molar-refractivity contribution in [2.75, 3.05) is 13.2 Å². The Balaban J connectivity index is 1.74. The van der Waals surface area contributed by atoms with Gasteiger partial charge >= 0.3 is 0 Å². The molecule has 3 heterocycles. The van der Waals surface area contributed by atoms with Gasteiger partial charge in [-0.1, -0.05) is 0 Å². The van der Waals surface area contributed by atoms with Gasteiger partial charge < -0.3 is 14.6 Å². The van der Waals surface area contributed by atoms with Crippen LogP contribution in [0.4, 0.5) is 0 Å². The van der Waals surface area contributed by atoms with Gasteiger partial charge in [0.15, 0.2) is 0 Å². The highest BCUT2D eigenvalue weighted by molar-refractivity contribution is 5.84. The van der Waals surface area contributed by atoms with Gasteiger partial charge in [-0.05, 0) is 43.4 Å². The first kappa shape index (κ1) is 12.1. The number of aromatic hydroxyl groups is 1. The van der Waals surface area contributed by atoms with Crippen LogP contribution in [0, 0.1) is 5.92 Å². The van der Waals surface area contributed by atoms with Crippen molar-refractivity contribution in [2.24, 2.45) is 5.92 Å². The normalized spacial score (nSPS) is 34.3. The Hall–Kier alpha value is -1.52. The summed E-state index contributed by atoms with van der Waals surface area (Å²) in [5.74, 6) is 2.61. The third kappa shape index (κ3) is 1.52. The molecule has 0 spiro atoms. The summed E-state index contributed by atoms with van der Waals surface area (Å²) < 4.78 is 6.18. The van der Waals surface area contributed by atoms with Gasteiger partial charge in [0.05, 0.1) is 6.61 Å². The summed E-state index contributed by atoms with van der Waals surface area (Å²) in [6.45, 7) is 1.32. The second-order valence-corrected chi connectivity index (χ2v) is 6.87. The van der Waals surface area contributed by atoms with Gasteiger partial charge in [-0.25, -0.2) is 0 Å². The van der Waals surface area contributed by atoms with Crippen LogP contribution >= 0.6 is 0 Å². The SMILES string of the molecule is OCC1Cc2c(oc3ccc(O)cc23)[C@@H]2C[C@@H]3CC2N1C3. The van der Waals surface area contributed by atoms with E-state index >= 15 is 0 Å². The fourth-order valence-electron chi connectivity index (χ4n) is 4.96. The van der Waals surface area contributed by atoms with Crippen molar-refractivity contribution in [1.82, 2.24) is 4.90 Å². The molecule has 1 aliphatic carbocycles. The predicted octanol–water partition coefficient (Wildman–Crippen LogP) is 2.23. The number of hydrogen-bond donors (Lipinski definition) is 2. The average molecular weight is 285 g/mol. The van der Waals surface area contributed by atoms with E-state index in [4.69, 9.17) is 4.42 Å². The van der Waals surface area contributed by atoms with Gasteiger partial charge in [-0.3, -0.25) is 4.90 Å². The second kappa shape index (κ2) is 4.02. The lowest BCUT2D eigenvalue weighted by molar-refractivity contribution is 0.0885. The van der Waals surface area contributed by atoms with Gasteiger partial charge in [-0.2, -0.15) is 0 Å². The highest BCUT2D eigenvalue weighted by Gasteiger charge is 2.51. The summed E-state index contributed by atoms with van der Waals surface area (Å²) in [4.78, 5) is 2.50. The van der Waals surface area contributed by atoms with Crippen molar-refractivity contribution in [1.29, 1.82) is 0 Å². The lowest BCUT2D eigenvalue weighted by Crippen LogP contribution is -2.45. The van der Waals surface area contributed by atoms with Gasteiger partial charge in [0.2, 0.25) is 0 Å². The number of nitrogens with zero attached hydrogens (tertiary/aromatic N) is 1. The Bertz CT molecular complexity index is 722. The Morgan fingerprint density at radius 2 is 2.19 bits per heavy atom. The molecule has 2 fully saturated rings. The number of piperidine rings is 1. The number of fused-ring (bicyclic) bond motifs is 5. The zero-order valence-corrected chi connectivity index (χ0v) is 11.8. The van der Waals surface area contributed by atoms with Gasteiger partial charge in [0.1, 0.15) is 17.1 Å². The fraction of sp³-hybridized carbons (Fsp3) is 0.529. The highest BCUT2D eigenvalue weighted by atomic mass is 16.3. The van der Waals surface area contributed by atoms with Crippen LogP contribution in [-0.2, 0) is 6.42 Å². The molecular formula is C17H19NO3. The third-order valence-corrected chi connectivity index (χ3v) is 5.78. The van der Waals surface area contributed by atoms with Crippen LogP contribution in [-0.4, -0.2) is 40.3 Å². The molecule has 0 radical (unpaired) electrons. The first-order valence-corrected chi connectivity index (χ1v) is 7.85. The Kier molecular flexibility index (Phi) is 2.31. The van der Waals surface area contributed by atoms with Crippen LogP contribution in [0.3, 0.4) is 0 Å². The molecule has 2 aliphatic heterocycles. The van der Waals surface area contributed by atoms with Gasteiger partial charge in [0, 0.05) is 35.5 Å². The minimum Gasteiger partial charge on any atom is -0.508 e. The minimum atomic E-state index is 0.187. The van der Waals surface area contributed by atoms with Crippen LogP contribution in [0.25, 0.3) is 11.0 Å². The fourth-order valence-corrected chi connectivity index (χ4v) is 4.96. The Labute approximate surface area is 123 Å². The highest BCUT2D eigenvalue weighted by Crippen LogP contribution is 2.52. The van der Waals surface area contributed by atoms with Crippen molar-refractivity contribution < 1.29 is 14.6 Å². The summed E-state index contributed by atoms with van der Waals surface area (Å²) in [5.41, 5.74) is 2.07. The lowest BCUT2D eigenvalue weighted by atomic mass is 9.94. The zero-order valence-electron chi connectivity index (χ0n) is 11.8. The summed E-state index contributed by atoms with van der Waals surface area (Å²) in [7, 11) is 0. The number of benzene rings is 1. The largest absolute Gasteiger partial charge is 0.508 e. The molecule has 4 heteroatoms. The minimum absolute atomic E-state index is 0.187. The number of hydrogen-bond acceptors (Lipinski definition) is 4. The molecule has 2 unspecified atom stereocenters. The number of rotatable bonds is 1. The van der Waals surface area contributed by atoms with E-state index in [0.29, 0.717) is 12.0 Å². The number of aliphatic hydroxyl groups is 1. The molecule has 0 amide bonds. The van der Waals surface area contributed by atoms with E-state index in [-0.39, 0.29) is 18.4 Å². The van der Waals surface area contributed by atoms with Gasteiger partial charge in [-0.15, -0.1) is 0 Å². The molecule has 3 aliphatic rings. The summed E-state index contributed by atoms with van der Waals surface area (Å²) >= 11 is 0. The molecule has 4 nitrogen and oxygen atoms in total. The molecule has 1 aromatic carbocycles. The topological polar surface area (TPSA) is 56.8 Å². The van der Waals surface area contributed by atoms with Crippen molar-refractivity contribution >= 4 is 11.0 Å². The third-order valence-electron chi connectivity index (χ3n) is 5.78. The maximum Gasteiger partial charge on any atom is 0.134 e. The standard InChI is InChI=1S/C17H19NO3/c19-8-10-5-13-12-6-11(20)1-2-16(12)21-17(13)14-3-9-4-15(14)18(10)7-9/h1-2,6,9-10,14-15,19-20H,3-5,7-8H2/t9-,10?,14-,15?/m1/s1. The number of phenolic OH excluding ortho intramolecular Hbond substituents is 1. The van der Waals surface area contributed by atoms with Crippen LogP contribution < -0.4 is 0 Å². The molecule has 1 aromatic heterocycles. The molecule has 110 valence electrons. The lowest BCUT2D eigenvalue weighted by Gasteiger charge is -2.34. The molecule has 1 saturated carbocycles. The van der Waals surface area contributed by atoms with Crippen molar-refractivity contribution in [3.63, 3.8) is 0 Å². The number of aliphatic hydroxyl groups excluding tert-OH is 1. The molecule has 2 N–H and O–H groups in total. The molecule has 2 bridgehead atoms. The van der Waals surface area contributed by atoms with Crippen LogP contribution in [0.5, 0.6) is 5.75 Å². The number of furan rings is 1. The van der Waals surface area contributed by atoms with Crippen molar-refractivity contribution in [3.8, 4) is 5.75 Å². The number of phenols is 1. The second-order valence-electron chi connectivity index (χ2n) is 6.87. The van der Waals surface area contributed by atoms with E-state index in [0.717, 1.165) is 35.6 Å². The molecule has 21 heavy (non-hydrogen) atoms. The van der Waals surface area contributed by atoms with E-state index in [9.17, 15) is 10.2 Å². The van der Waals surface area contributed by atoms with Crippen LogP contribution in [0.15, 0.2) is 22.6 Å². The molecular weight excluding hydrogens is 266 g/mol. The first-order valence-electron chi connectivity index (χ1n) is 7.85. The summed E-state index contributed by atoms with van der Waals surface area (Å²) in [6, 6.07) is 6.07. The summed E-state index contributed by atoms with van der Waals surface area (Å²) in [6.07, 6.45) is 3.27. The summed E-state index contributed by atoms with van der Waals surface area (Å²) in [5, 5.41) is 20.6. The van der Waals surface area contributed by atoms with E-state index in [1.165, 1.54) is 18.4 Å². The molecule has 2 aromatic rings. The van der Waals surface area contributed by atoms with E-state index in [1.54, 1.807) is 12.1 Å². The maximum atomic E-state index is 9.83. The monoisotopic (exact) mass is 285 g/mol. The average Bonchev–Trinajstić information content (AvgIpc) is 3.15. The molecule has 5 rings (SSSR count). The van der Waals surface area contributed by atoms with Gasteiger partial charge in [0.25, 0.3) is 0 Å². The van der Waals surface area contributed by atoms with E-state index in [2.05, 4.69) is 4.90 Å². The maximum absolute atomic E-state index is 9.83. The smallest absolute Gasteiger partial charge is 0.134 e. The quantitative estimate of drug-likeness (QED) is 0.843. The van der Waals surface area contributed by atoms with Crippen LogP contribution in [0.2, 0.25) is 0 Å². The predicted molar refractivity (Wildman–Crippen MR) is 78.4 cm³/mol. The van der Waals surface area contributed by atoms with E-state index in [1.807, 2.05) is 6.07 Å². The zero-order chi connectivity index (χ0) is 14.1.